The van der Waals surface area contributed by atoms with Crippen LogP contribution in [-0.4, -0.2) is 16.2 Å². The fourth-order valence-corrected chi connectivity index (χ4v) is 3.07. The van der Waals surface area contributed by atoms with Crippen molar-refractivity contribution in [2.45, 2.75) is 12.5 Å². The number of imidazole rings is 1. The third-order valence-corrected chi connectivity index (χ3v) is 4.23. The molecule has 0 bridgehead atoms. The van der Waals surface area contributed by atoms with E-state index in [-0.39, 0.29) is 5.92 Å². The van der Waals surface area contributed by atoms with Gasteiger partial charge in [0.05, 0.1) is 17.0 Å². The molecule has 4 nitrogen and oxygen atoms in total. The lowest BCUT2D eigenvalue weighted by Crippen LogP contribution is -2.09. The molecule has 0 aliphatic carbocycles. The molecule has 2 heterocycles. The third kappa shape index (κ3) is 1.83. The van der Waals surface area contributed by atoms with Gasteiger partial charge in [-0.2, -0.15) is 0 Å². The van der Waals surface area contributed by atoms with Crippen LogP contribution in [0, 0.1) is 0 Å². The second kappa shape index (κ2) is 4.60. The first-order valence-corrected chi connectivity index (χ1v) is 7.15. The zero-order valence-electron chi connectivity index (χ0n) is 11.9. The van der Waals surface area contributed by atoms with Gasteiger partial charge in [0.2, 0.25) is 0 Å². The molecular weight excluding hydrogens is 262 g/mol. The summed E-state index contributed by atoms with van der Waals surface area (Å²) >= 11 is 0. The lowest BCUT2D eigenvalue weighted by molar-refractivity contribution is 0.338. The number of nitrogens with zero attached hydrogens (tertiary/aromatic N) is 2. The minimum absolute atomic E-state index is 0.194. The van der Waals surface area contributed by atoms with E-state index in [9.17, 15) is 0 Å². The highest BCUT2D eigenvalue weighted by Gasteiger charge is 2.29. The van der Waals surface area contributed by atoms with Crippen LogP contribution < -0.4 is 10.5 Å². The Bertz CT molecular complexity index is 822. The molecule has 0 saturated carbocycles. The zero-order valence-corrected chi connectivity index (χ0v) is 11.9. The average Bonchev–Trinajstić information content (AvgIpc) is 3.08. The van der Waals surface area contributed by atoms with Gasteiger partial charge in [0.15, 0.2) is 0 Å². The van der Waals surface area contributed by atoms with Gasteiger partial charge < -0.3 is 15.0 Å². The molecule has 1 unspecified atom stereocenters. The molecular formula is C17H17N3O. The number of aromatic nitrogens is 2. The van der Waals surface area contributed by atoms with Crippen LogP contribution in [0.15, 0.2) is 42.5 Å². The number of hydrogen-bond donors (Lipinski definition) is 1. The van der Waals surface area contributed by atoms with Gasteiger partial charge >= 0.3 is 0 Å². The molecule has 0 amide bonds. The molecule has 4 rings (SSSR count). The molecule has 0 spiro atoms. The highest BCUT2D eigenvalue weighted by molar-refractivity contribution is 5.77. The maximum absolute atomic E-state index is 5.79. The van der Waals surface area contributed by atoms with Gasteiger partial charge in [-0.1, -0.05) is 24.3 Å². The van der Waals surface area contributed by atoms with Crippen LogP contribution in [0.25, 0.3) is 11.0 Å². The van der Waals surface area contributed by atoms with E-state index in [0.29, 0.717) is 13.2 Å². The van der Waals surface area contributed by atoms with Gasteiger partial charge in [-0.25, -0.2) is 4.98 Å². The number of ether oxygens (including phenoxy) is 1. The summed E-state index contributed by atoms with van der Waals surface area (Å²) in [5.41, 5.74) is 10.2. The molecule has 1 aromatic heterocycles. The molecule has 1 atom stereocenters. The first-order valence-electron chi connectivity index (χ1n) is 7.15. The summed E-state index contributed by atoms with van der Waals surface area (Å²) in [6, 6.07) is 14.4. The smallest absolute Gasteiger partial charge is 0.123 e. The van der Waals surface area contributed by atoms with E-state index < -0.39 is 0 Å². The van der Waals surface area contributed by atoms with Crippen molar-refractivity contribution < 1.29 is 4.74 Å². The summed E-state index contributed by atoms with van der Waals surface area (Å²) in [4.78, 5) is 4.81. The molecule has 2 N–H and O–H groups in total. The van der Waals surface area contributed by atoms with Gasteiger partial charge in [0.25, 0.3) is 0 Å². The number of para-hydroxylation sites is 1. The first kappa shape index (κ1) is 12.4. The van der Waals surface area contributed by atoms with Gasteiger partial charge in [0, 0.05) is 19.2 Å². The molecule has 21 heavy (non-hydrogen) atoms. The number of aryl methyl sites for hydroxylation is 1. The Labute approximate surface area is 123 Å². The predicted octanol–water partition coefficient (Wildman–Crippen LogP) is 2.56. The minimum atomic E-state index is 0.194. The summed E-state index contributed by atoms with van der Waals surface area (Å²) in [6.07, 6.45) is 0. The van der Waals surface area contributed by atoms with Crippen LogP contribution in [0.5, 0.6) is 5.75 Å². The van der Waals surface area contributed by atoms with Crippen molar-refractivity contribution in [3.8, 4) is 5.75 Å². The topological polar surface area (TPSA) is 53.1 Å². The van der Waals surface area contributed by atoms with E-state index in [1.165, 1.54) is 5.56 Å². The van der Waals surface area contributed by atoms with E-state index in [2.05, 4.69) is 29.8 Å². The molecule has 0 saturated heterocycles. The number of benzene rings is 2. The molecule has 1 aliphatic rings. The Morgan fingerprint density at radius 2 is 2.14 bits per heavy atom. The Hall–Kier alpha value is -2.33. The summed E-state index contributed by atoms with van der Waals surface area (Å²) in [7, 11) is 2.06. The van der Waals surface area contributed by atoms with E-state index >= 15 is 0 Å². The van der Waals surface area contributed by atoms with Crippen molar-refractivity contribution in [2.24, 2.45) is 12.8 Å². The highest BCUT2D eigenvalue weighted by Crippen LogP contribution is 2.38. The number of rotatable bonds is 2. The van der Waals surface area contributed by atoms with E-state index in [0.717, 1.165) is 28.2 Å². The molecule has 0 fully saturated rings. The Morgan fingerprint density at radius 3 is 3.00 bits per heavy atom. The van der Waals surface area contributed by atoms with E-state index in [1.54, 1.807) is 0 Å². The van der Waals surface area contributed by atoms with Crippen LogP contribution in [0.2, 0.25) is 0 Å². The standard InChI is InChI=1S/C17H17N3O/c1-20-15-8-11(9-18)6-7-14(15)19-17(20)13-10-21-16-5-3-2-4-12(13)16/h2-8,13H,9-10,18H2,1H3. The maximum atomic E-state index is 5.79. The van der Waals surface area contributed by atoms with Crippen LogP contribution in [-0.2, 0) is 13.6 Å². The predicted molar refractivity (Wildman–Crippen MR) is 82.4 cm³/mol. The lowest BCUT2D eigenvalue weighted by Gasteiger charge is -2.09. The van der Waals surface area contributed by atoms with Crippen LogP contribution in [0.4, 0.5) is 0 Å². The summed E-state index contributed by atoms with van der Waals surface area (Å²) < 4.78 is 7.95. The van der Waals surface area contributed by atoms with Crippen molar-refractivity contribution in [1.29, 1.82) is 0 Å². The van der Waals surface area contributed by atoms with Crippen molar-refractivity contribution in [3.63, 3.8) is 0 Å². The molecule has 4 heteroatoms. The summed E-state index contributed by atoms with van der Waals surface area (Å²) in [6.45, 7) is 1.20. The molecule has 106 valence electrons. The summed E-state index contributed by atoms with van der Waals surface area (Å²) in [5.74, 6) is 2.21. The normalized spacial score (nSPS) is 17.0. The van der Waals surface area contributed by atoms with Crippen LogP contribution in [0.3, 0.4) is 0 Å². The zero-order chi connectivity index (χ0) is 14.4. The van der Waals surface area contributed by atoms with Crippen molar-refractivity contribution in [3.05, 3.63) is 59.4 Å². The maximum Gasteiger partial charge on any atom is 0.123 e. The Kier molecular flexibility index (Phi) is 2.72. The highest BCUT2D eigenvalue weighted by atomic mass is 16.5. The second-order valence-electron chi connectivity index (χ2n) is 5.46. The first-order chi connectivity index (χ1) is 10.3. The van der Waals surface area contributed by atoms with Crippen LogP contribution in [0.1, 0.15) is 22.9 Å². The minimum Gasteiger partial charge on any atom is -0.492 e. The monoisotopic (exact) mass is 279 g/mol. The molecule has 1 aliphatic heterocycles. The lowest BCUT2D eigenvalue weighted by atomic mass is 10.0. The largest absolute Gasteiger partial charge is 0.492 e. The van der Waals surface area contributed by atoms with Crippen molar-refractivity contribution >= 4 is 11.0 Å². The Morgan fingerprint density at radius 1 is 1.29 bits per heavy atom. The molecule has 0 radical (unpaired) electrons. The molecule has 3 aromatic rings. The fraction of sp³-hybridized carbons (Fsp3) is 0.235. The average molecular weight is 279 g/mol. The number of hydrogen-bond acceptors (Lipinski definition) is 3. The van der Waals surface area contributed by atoms with Crippen molar-refractivity contribution in [1.82, 2.24) is 9.55 Å². The SMILES string of the molecule is Cn1c(C2COc3ccccc32)nc2ccc(CN)cc21. The van der Waals surface area contributed by atoms with Gasteiger partial charge in [-0.3, -0.25) is 0 Å². The second-order valence-corrected chi connectivity index (χ2v) is 5.46. The fourth-order valence-electron chi connectivity index (χ4n) is 3.07. The third-order valence-electron chi connectivity index (χ3n) is 4.23. The number of nitrogens with two attached hydrogens (primary N) is 1. The Balaban J connectivity index is 1.86. The van der Waals surface area contributed by atoms with Gasteiger partial charge in [-0.15, -0.1) is 0 Å². The van der Waals surface area contributed by atoms with Crippen LogP contribution >= 0.6 is 0 Å². The quantitative estimate of drug-likeness (QED) is 0.784. The van der Waals surface area contributed by atoms with Gasteiger partial charge in [-0.05, 0) is 23.8 Å². The molecule has 2 aromatic carbocycles. The summed E-state index contributed by atoms with van der Waals surface area (Å²) in [5, 5.41) is 0. The number of fused-ring (bicyclic) bond motifs is 2. The van der Waals surface area contributed by atoms with Crippen molar-refractivity contribution in [2.75, 3.05) is 6.61 Å². The van der Waals surface area contributed by atoms with Gasteiger partial charge in [0.1, 0.15) is 18.2 Å². The van der Waals surface area contributed by atoms with E-state index in [4.69, 9.17) is 15.5 Å². The van der Waals surface area contributed by atoms with E-state index in [1.807, 2.05) is 24.3 Å².